The SMILES string of the molecule is C=CCN(C)C[C@H]1O[C@@H](c2ccc(-c3ccccc3CNC(C)=O)cc2)O[C@@H](c2ccc(CO)cc2)[C@H]1C. The van der Waals surface area contributed by atoms with E-state index in [0.717, 1.165) is 46.5 Å². The van der Waals surface area contributed by atoms with Crippen molar-refractivity contribution in [3.05, 3.63) is 108 Å². The zero-order valence-corrected chi connectivity index (χ0v) is 22.5. The van der Waals surface area contributed by atoms with Crippen molar-refractivity contribution in [2.24, 2.45) is 5.92 Å². The minimum absolute atomic E-state index is 0.0162. The van der Waals surface area contributed by atoms with Crippen LogP contribution in [0.1, 0.15) is 48.5 Å². The van der Waals surface area contributed by atoms with E-state index in [1.54, 1.807) is 0 Å². The first-order valence-electron chi connectivity index (χ1n) is 13.1. The summed E-state index contributed by atoms with van der Waals surface area (Å²) in [6.07, 6.45) is 1.19. The monoisotopic (exact) mass is 514 g/mol. The smallest absolute Gasteiger partial charge is 0.217 e. The molecule has 200 valence electrons. The summed E-state index contributed by atoms with van der Waals surface area (Å²) in [6, 6.07) is 24.3. The number of carbonyl (C=O) groups excluding carboxylic acids is 1. The zero-order chi connectivity index (χ0) is 27.1. The van der Waals surface area contributed by atoms with Crippen LogP contribution >= 0.6 is 0 Å². The standard InChI is InChI=1S/C32H38N2O4/c1-5-18-34(4)20-30-22(2)31(26-12-10-24(21-35)11-13-26)38-32(37-30)27-16-14-25(15-17-27)29-9-7-6-8-28(29)19-33-23(3)36/h5-17,22,30-32,35H,1,18-21H2,2-4H3,(H,33,36)/t22-,30+,31+,32+/m0/s1. The fraction of sp³-hybridized carbons (Fsp3) is 0.344. The molecule has 1 amide bonds. The Bertz CT molecular complexity index is 1210. The van der Waals surface area contributed by atoms with E-state index in [1.807, 2.05) is 48.5 Å². The molecule has 0 aliphatic carbocycles. The lowest BCUT2D eigenvalue weighted by molar-refractivity contribution is -0.275. The second kappa shape index (κ2) is 13.0. The Morgan fingerprint density at radius 1 is 1.03 bits per heavy atom. The predicted molar refractivity (Wildman–Crippen MR) is 150 cm³/mol. The molecule has 0 bridgehead atoms. The number of benzene rings is 3. The van der Waals surface area contributed by atoms with Crippen molar-refractivity contribution in [2.75, 3.05) is 20.1 Å². The average molecular weight is 515 g/mol. The summed E-state index contributed by atoms with van der Waals surface area (Å²) in [5.41, 5.74) is 6.11. The van der Waals surface area contributed by atoms with Gasteiger partial charge in [-0.25, -0.2) is 0 Å². The summed E-state index contributed by atoms with van der Waals surface area (Å²) in [7, 11) is 2.07. The Balaban J connectivity index is 1.59. The molecule has 0 radical (unpaired) electrons. The number of ether oxygens (including phenoxy) is 2. The average Bonchev–Trinajstić information content (AvgIpc) is 2.93. The highest BCUT2D eigenvalue weighted by Crippen LogP contribution is 2.42. The van der Waals surface area contributed by atoms with Gasteiger partial charge in [0.15, 0.2) is 6.29 Å². The summed E-state index contributed by atoms with van der Waals surface area (Å²) in [4.78, 5) is 13.6. The second-order valence-electron chi connectivity index (χ2n) is 10.0. The minimum Gasteiger partial charge on any atom is -0.392 e. The summed E-state index contributed by atoms with van der Waals surface area (Å²) in [5.74, 6) is 0.0724. The first-order chi connectivity index (χ1) is 18.4. The van der Waals surface area contributed by atoms with Crippen LogP contribution in [0.5, 0.6) is 0 Å². The lowest BCUT2D eigenvalue weighted by Crippen LogP contribution is -2.43. The number of hydrogen-bond donors (Lipinski definition) is 2. The molecule has 0 spiro atoms. The third-order valence-corrected chi connectivity index (χ3v) is 7.09. The highest BCUT2D eigenvalue weighted by atomic mass is 16.7. The van der Waals surface area contributed by atoms with Crippen LogP contribution in [0.25, 0.3) is 11.1 Å². The first kappa shape index (κ1) is 27.7. The van der Waals surface area contributed by atoms with Crippen LogP contribution in [0.2, 0.25) is 0 Å². The van der Waals surface area contributed by atoms with Gasteiger partial charge in [0, 0.05) is 38.0 Å². The Morgan fingerprint density at radius 3 is 2.37 bits per heavy atom. The van der Waals surface area contributed by atoms with Crippen molar-refractivity contribution in [1.29, 1.82) is 0 Å². The molecule has 1 aliphatic heterocycles. The Morgan fingerprint density at radius 2 is 1.71 bits per heavy atom. The summed E-state index contributed by atoms with van der Waals surface area (Å²) >= 11 is 0. The Labute approximate surface area is 225 Å². The molecular weight excluding hydrogens is 476 g/mol. The van der Waals surface area contributed by atoms with Gasteiger partial charge in [0.2, 0.25) is 5.91 Å². The van der Waals surface area contributed by atoms with Crippen LogP contribution in [-0.2, 0) is 27.4 Å². The molecule has 0 aromatic heterocycles. The maximum atomic E-state index is 11.4. The van der Waals surface area contributed by atoms with E-state index >= 15 is 0 Å². The maximum Gasteiger partial charge on any atom is 0.217 e. The number of hydrogen-bond acceptors (Lipinski definition) is 5. The highest BCUT2D eigenvalue weighted by Gasteiger charge is 2.38. The van der Waals surface area contributed by atoms with Crippen molar-refractivity contribution in [1.82, 2.24) is 10.2 Å². The van der Waals surface area contributed by atoms with Crippen LogP contribution in [0.4, 0.5) is 0 Å². The van der Waals surface area contributed by atoms with Crippen molar-refractivity contribution in [2.45, 2.75) is 45.5 Å². The van der Waals surface area contributed by atoms with E-state index in [1.165, 1.54) is 6.92 Å². The van der Waals surface area contributed by atoms with E-state index in [9.17, 15) is 9.90 Å². The van der Waals surface area contributed by atoms with Crippen molar-refractivity contribution in [3.63, 3.8) is 0 Å². The van der Waals surface area contributed by atoms with Gasteiger partial charge in [0.25, 0.3) is 0 Å². The van der Waals surface area contributed by atoms with Gasteiger partial charge in [0.05, 0.1) is 18.8 Å². The van der Waals surface area contributed by atoms with Crippen molar-refractivity contribution in [3.8, 4) is 11.1 Å². The number of amides is 1. The molecule has 0 saturated carbocycles. The van der Waals surface area contributed by atoms with Gasteiger partial charge in [0.1, 0.15) is 0 Å². The topological polar surface area (TPSA) is 71.0 Å². The second-order valence-corrected chi connectivity index (χ2v) is 10.0. The molecule has 1 heterocycles. The fourth-order valence-electron chi connectivity index (χ4n) is 4.93. The number of nitrogens with zero attached hydrogens (tertiary/aromatic N) is 1. The van der Waals surface area contributed by atoms with Gasteiger partial charge in [-0.2, -0.15) is 0 Å². The normalized spacial score (nSPS) is 21.3. The predicted octanol–water partition coefficient (Wildman–Crippen LogP) is 5.39. The Kier molecular flexibility index (Phi) is 9.48. The van der Waals surface area contributed by atoms with Gasteiger partial charge in [-0.3, -0.25) is 4.79 Å². The van der Waals surface area contributed by atoms with Gasteiger partial charge in [-0.1, -0.05) is 85.8 Å². The minimum atomic E-state index is -0.514. The van der Waals surface area contributed by atoms with Crippen LogP contribution in [0.3, 0.4) is 0 Å². The van der Waals surface area contributed by atoms with Crippen LogP contribution < -0.4 is 5.32 Å². The molecule has 38 heavy (non-hydrogen) atoms. The van der Waals surface area contributed by atoms with E-state index in [0.29, 0.717) is 6.54 Å². The molecule has 6 heteroatoms. The van der Waals surface area contributed by atoms with E-state index in [4.69, 9.17) is 9.47 Å². The highest BCUT2D eigenvalue weighted by molar-refractivity contribution is 5.74. The maximum absolute atomic E-state index is 11.4. The molecule has 4 atom stereocenters. The third-order valence-electron chi connectivity index (χ3n) is 7.09. The van der Waals surface area contributed by atoms with Crippen molar-refractivity contribution >= 4 is 5.91 Å². The molecule has 4 rings (SSSR count). The number of carbonyl (C=O) groups is 1. The molecule has 1 saturated heterocycles. The van der Waals surface area contributed by atoms with Gasteiger partial charge >= 0.3 is 0 Å². The number of aliphatic hydroxyl groups excluding tert-OH is 1. The largest absolute Gasteiger partial charge is 0.392 e. The first-order valence-corrected chi connectivity index (χ1v) is 13.1. The number of likely N-dealkylation sites (N-methyl/N-ethyl adjacent to an activating group) is 1. The van der Waals surface area contributed by atoms with E-state index in [-0.39, 0.29) is 30.6 Å². The number of nitrogens with one attached hydrogen (secondary N) is 1. The molecule has 1 aliphatic rings. The van der Waals surface area contributed by atoms with E-state index in [2.05, 4.69) is 61.1 Å². The van der Waals surface area contributed by atoms with Crippen LogP contribution in [0.15, 0.2) is 85.5 Å². The lowest BCUT2D eigenvalue weighted by Gasteiger charge is -2.42. The molecule has 0 unspecified atom stereocenters. The molecule has 6 nitrogen and oxygen atoms in total. The quantitative estimate of drug-likeness (QED) is 0.355. The molecule has 2 N–H and O–H groups in total. The lowest BCUT2D eigenvalue weighted by atomic mass is 9.90. The number of aliphatic hydroxyl groups is 1. The third kappa shape index (κ3) is 6.77. The summed E-state index contributed by atoms with van der Waals surface area (Å²) in [6.45, 7) is 9.60. The summed E-state index contributed by atoms with van der Waals surface area (Å²) in [5, 5.41) is 12.4. The van der Waals surface area contributed by atoms with Gasteiger partial charge < -0.3 is 24.8 Å². The van der Waals surface area contributed by atoms with E-state index < -0.39 is 6.29 Å². The zero-order valence-electron chi connectivity index (χ0n) is 22.5. The van der Waals surface area contributed by atoms with Crippen LogP contribution in [0, 0.1) is 5.92 Å². The summed E-state index contributed by atoms with van der Waals surface area (Å²) < 4.78 is 13.1. The Hall–Kier alpha value is -3.29. The fourth-order valence-corrected chi connectivity index (χ4v) is 4.93. The molecule has 3 aromatic carbocycles. The molecule has 1 fully saturated rings. The number of rotatable bonds is 10. The van der Waals surface area contributed by atoms with Crippen molar-refractivity contribution < 1.29 is 19.4 Å². The molecule has 3 aromatic rings. The van der Waals surface area contributed by atoms with Crippen LogP contribution in [-0.4, -0.2) is 42.2 Å². The molecular formula is C32H38N2O4. The van der Waals surface area contributed by atoms with Gasteiger partial charge in [-0.05, 0) is 34.9 Å². The van der Waals surface area contributed by atoms with Gasteiger partial charge in [-0.15, -0.1) is 6.58 Å².